The number of anilines is 3. The van der Waals surface area contributed by atoms with E-state index in [1.54, 1.807) is 12.1 Å². The zero-order chi connectivity index (χ0) is 20.4. The van der Waals surface area contributed by atoms with Gasteiger partial charge in [0.2, 0.25) is 16.0 Å². The number of rotatable bonds is 1. The second-order valence-electron chi connectivity index (χ2n) is 7.49. The molecule has 1 aromatic heterocycles. The number of aromatic nitrogens is 2. The van der Waals surface area contributed by atoms with E-state index in [0.717, 1.165) is 0 Å². The van der Waals surface area contributed by atoms with Crippen LogP contribution < -0.4 is 20.7 Å². The highest BCUT2D eigenvalue weighted by Gasteiger charge is 2.21. The molecule has 10 heteroatoms. The lowest BCUT2D eigenvalue weighted by Crippen LogP contribution is -2.41. The summed E-state index contributed by atoms with van der Waals surface area (Å²) in [5.74, 6) is 0.364. The van der Waals surface area contributed by atoms with E-state index in [1.807, 2.05) is 20.8 Å². The Bertz CT molecular complexity index is 985. The van der Waals surface area contributed by atoms with Crippen molar-refractivity contribution in [3.8, 4) is 0 Å². The lowest BCUT2D eigenvalue weighted by Gasteiger charge is -2.21. The van der Waals surface area contributed by atoms with Gasteiger partial charge < -0.3 is 16.0 Å². The highest BCUT2D eigenvalue weighted by molar-refractivity contribution is 7.89. The van der Waals surface area contributed by atoms with Crippen LogP contribution in [-0.2, 0) is 10.0 Å². The summed E-state index contributed by atoms with van der Waals surface area (Å²) < 4.78 is 27.3. The van der Waals surface area contributed by atoms with Crippen molar-refractivity contribution in [2.24, 2.45) is 0 Å². The smallest absolute Gasteiger partial charge is 0.257 e. The Morgan fingerprint density at radius 1 is 1.21 bits per heavy atom. The average Bonchev–Trinajstić information content (AvgIpc) is 2.60. The minimum Gasteiger partial charge on any atom is -0.369 e. The zero-order valence-electron chi connectivity index (χ0n) is 16.0. The van der Waals surface area contributed by atoms with Gasteiger partial charge in [0, 0.05) is 30.5 Å². The van der Waals surface area contributed by atoms with Gasteiger partial charge in [-0.25, -0.2) is 18.1 Å². The first-order valence-electron chi connectivity index (χ1n) is 8.94. The number of carbonyl (C=O) groups excluding carboxylic acids is 1. The summed E-state index contributed by atoms with van der Waals surface area (Å²) in [6.45, 7) is 6.37. The topological polar surface area (TPSA) is 125 Å². The maximum atomic E-state index is 12.6. The van der Waals surface area contributed by atoms with E-state index in [4.69, 9.17) is 0 Å². The van der Waals surface area contributed by atoms with Crippen LogP contribution in [0.25, 0.3) is 0 Å². The maximum absolute atomic E-state index is 12.6. The molecule has 3 rings (SSSR count). The first-order valence-corrected chi connectivity index (χ1v) is 10.4. The molecule has 4 bridgehead atoms. The minimum absolute atomic E-state index is 0.158. The maximum Gasteiger partial charge on any atom is 0.257 e. The third-order valence-electron chi connectivity index (χ3n) is 3.86. The van der Waals surface area contributed by atoms with Gasteiger partial charge in [-0.1, -0.05) is 6.07 Å². The van der Waals surface area contributed by atoms with Gasteiger partial charge >= 0.3 is 0 Å². The Balaban J connectivity index is 1.97. The summed E-state index contributed by atoms with van der Waals surface area (Å²) in [5.41, 5.74) is 0.451. The monoisotopic (exact) mass is 404 g/mol. The van der Waals surface area contributed by atoms with Gasteiger partial charge in [-0.2, -0.15) is 4.98 Å². The predicted molar refractivity (Wildman–Crippen MR) is 107 cm³/mol. The molecule has 1 amide bonds. The van der Waals surface area contributed by atoms with Crippen molar-refractivity contribution in [1.82, 2.24) is 20.0 Å². The van der Waals surface area contributed by atoms with E-state index >= 15 is 0 Å². The fourth-order valence-electron chi connectivity index (χ4n) is 2.61. The summed E-state index contributed by atoms with van der Waals surface area (Å²) in [6, 6.07) is 6.39. The number of hydrogen-bond acceptors (Lipinski definition) is 7. The number of benzene rings is 1. The number of amides is 1. The van der Waals surface area contributed by atoms with Crippen molar-refractivity contribution >= 4 is 33.4 Å². The lowest BCUT2D eigenvalue weighted by molar-refractivity contribution is 0.0919. The molecule has 0 saturated carbocycles. The van der Waals surface area contributed by atoms with Crippen LogP contribution in [0.4, 0.5) is 17.5 Å². The van der Waals surface area contributed by atoms with Gasteiger partial charge in [-0.05, 0) is 45.4 Å². The fraction of sp³-hybridized carbons (Fsp3) is 0.389. The van der Waals surface area contributed by atoms with E-state index in [0.29, 0.717) is 30.0 Å². The number of hydrogen-bond donors (Lipinski definition) is 4. The number of nitrogens with one attached hydrogen (secondary N) is 4. The molecule has 0 fully saturated rings. The van der Waals surface area contributed by atoms with Crippen LogP contribution in [0.2, 0.25) is 0 Å². The van der Waals surface area contributed by atoms with Crippen LogP contribution in [-0.4, -0.2) is 42.9 Å². The molecule has 0 saturated heterocycles. The number of sulfonamides is 1. The zero-order valence-corrected chi connectivity index (χ0v) is 16.9. The van der Waals surface area contributed by atoms with Gasteiger partial charge in [-0.15, -0.1) is 0 Å². The molecule has 150 valence electrons. The molecule has 4 N–H and O–H groups in total. The second kappa shape index (κ2) is 7.72. The summed E-state index contributed by atoms with van der Waals surface area (Å²) in [4.78, 5) is 21.4. The summed E-state index contributed by atoms with van der Waals surface area (Å²) >= 11 is 0. The van der Waals surface area contributed by atoms with E-state index in [1.165, 1.54) is 18.3 Å². The van der Waals surface area contributed by atoms with Crippen LogP contribution in [0.5, 0.6) is 0 Å². The van der Waals surface area contributed by atoms with E-state index in [-0.39, 0.29) is 23.3 Å². The second-order valence-corrected chi connectivity index (χ2v) is 9.26. The van der Waals surface area contributed by atoms with Crippen molar-refractivity contribution in [2.45, 2.75) is 37.6 Å². The molecule has 0 aliphatic carbocycles. The standard InChI is InChI=1S/C18H24N6O3S/c1-18(2,3)24-16(25)14-11-20-17-22-12-6-4-7-13(10-12)28(26,27)21-9-5-8-19-15(14)23-17/h4,6-7,10-11,21H,5,8-9H2,1-3H3,(H,24,25)(H2,19,20,22,23). The Hall–Kier alpha value is -2.72. The van der Waals surface area contributed by atoms with Gasteiger partial charge in [-0.3, -0.25) is 4.79 Å². The largest absolute Gasteiger partial charge is 0.369 e. The van der Waals surface area contributed by atoms with Crippen molar-refractivity contribution in [3.63, 3.8) is 0 Å². The van der Waals surface area contributed by atoms with Gasteiger partial charge in [0.1, 0.15) is 11.4 Å². The summed E-state index contributed by atoms with van der Waals surface area (Å²) in [7, 11) is -3.60. The summed E-state index contributed by atoms with van der Waals surface area (Å²) in [5, 5.41) is 8.99. The molecule has 1 aliphatic rings. The van der Waals surface area contributed by atoms with Gasteiger partial charge in [0.15, 0.2) is 0 Å². The third kappa shape index (κ3) is 4.96. The molecule has 28 heavy (non-hydrogen) atoms. The molecule has 0 spiro atoms. The molecule has 2 heterocycles. The highest BCUT2D eigenvalue weighted by atomic mass is 32.2. The van der Waals surface area contributed by atoms with Crippen LogP contribution >= 0.6 is 0 Å². The Morgan fingerprint density at radius 2 is 2.00 bits per heavy atom. The molecule has 0 unspecified atom stereocenters. The highest BCUT2D eigenvalue weighted by Crippen LogP contribution is 2.21. The predicted octanol–water partition coefficient (Wildman–Crippen LogP) is 1.84. The van der Waals surface area contributed by atoms with Crippen LogP contribution in [0.15, 0.2) is 35.4 Å². The number of carbonyl (C=O) groups is 1. The van der Waals surface area contributed by atoms with E-state index in [9.17, 15) is 13.2 Å². The molecular formula is C18H24N6O3S. The molecule has 0 radical (unpaired) electrons. The Labute approximate surface area is 164 Å². The Kier molecular flexibility index (Phi) is 5.52. The molecule has 1 aromatic carbocycles. The third-order valence-corrected chi connectivity index (χ3v) is 5.32. The number of nitrogens with zero attached hydrogens (tertiary/aromatic N) is 2. The van der Waals surface area contributed by atoms with Crippen LogP contribution in [0.1, 0.15) is 37.6 Å². The van der Waals surface area contributed by atoms with Crippen molar-refractivity contribution in [2.75, 3.05) is 23.7 Å². The van der Waals surface area contributed by atoms with E-state index < -0.39 is 15.6 Å². The van der Waals surface area contributed by atoms with E-state index in [2.05, 4.69) is 30.6 Å². The molecule has 2 aromatic rings. The first kappa shape index (κ1) is 20.0. The van der Waals surface area contributed by atoms with Gasteiger partial charge in [0.05, 0.1) is 4.90 Å². The van der Waals surface area contributed by atoms with Crippen LogP contribution in [0, 0.1) is 0 Å². The Morgan fingerprint density at radius 3 is 2.75 bits per heavy atom. The number of fused-ring (bicyclic) bond motifs is 4. The molecule has 0 atom stereocenters. The fourth-order valence-corrected chi connectivity index (χ4v) is 3.73. The van der Waals surface area contributed by atoms with Crippen molar-refractivity contribution in [1.29, 1.82) is 0 Å². The normalized spacial score (nSPS) is 16.4. The SMILES string of the molecule is CC(C)(C)NC(=O)c1cnc2nc1NCCCNS(=O)(=O)c1cccc(c1)N2. The molecule has 9 nitrogen and oxygen atoms in total. The quantitative estimate of drug-likeness (QED) is 0.571. The average molecular weight is 404 g/mol. The van der Waals surface area contributed by atoms with Crippen LogP contribution in [0.3, 0.4) is 0 Å². The lowest BCUT2D eigenvalue weighted by atomic mass is 10.1. The first-order chi connectivity index (χ1) is 13.1. The molecule has 1 aliphatic heterocycles. The van der Waals surface area contributed by atoms with Gasteiger partial charge in [0.25, 0.3) is 5.91 Å². The van der Waals surface area contributed by atoms with Crippen molar-refractivity contribution in [3.05, 3.63) is 36.0 Å². The minimum atomic E-state index is -3.60. The van der Waals surface area contributed by atoms with Crippen molar-refractivity contribution < 1.29 is 13.2 Å². The summed E-state index contributed by atoms with van der Waals surface area (Å²) in [6.07, 6.45) is 1.98. The molecular weight excluding hydrogens is 380 g/mol.